The van der Waals surface area contributed by atoms with Gasteiger partial charge < -0.3 is 15.4 Å². The molecule has 1 aliphatic rings. The molecule has 4 nitrogen and oxygen atoms in total. The average Bonchev–Trinajstić information content (AvgIpc) is 2.90. The molecule has 1 saturated heterocycles. The van der Waals surface area contributed by atoms with Crippen molar-refractivity contribution in [2.45, 2.75) is 38.5 Å². The second-order valence-corrected chi connectivity index (χ2v) is 6.97. The molecule has 7 heteroatoms. The number of benzene rings is 1. The van der Waals surface area contributed by atoms with Crippen LogP contribution < -0.4 is 10.6 Å². The van der Waals surface area contributed by atoms with E-state index >= 15 is 0 Å². The van der Waals surface area contributed by atoms with E-state index in [0.717, 1.165) is 24.1 Å². The van der Waals surface area contributed by atoms with Gasteiger partial charge in [0.2, 0.25) is 0 Å². The van der Waals surface area contributed by atoms with Crippen molar-refractivity contribution in [1.82, 2.24) is 10.6 Å². The molecule has 0 spiro atoms. The van der Waals surface area contributed by atoms with Crippen LogP contribution in [0, 0.1) is 5.82 Å². The average molecular weight is 373 g/mol. The first-order chi connectivity index (χ1) is 11.1. The minimum Gasteiger partial charge on any atom is -0.380 e. The standard InChI is InChI=1S/C17H21FN2O2S.ClH/c1-10-13(6-4-8-19-10)20-17(21)16-11(9-22-2)15-12(18)5-3-7-14(15)23-16;/h3,5,7,10,13,19H,4,6,8-9H2,1-2H3,(H,20,21);1H. The Balaban J connectivity index is 0.00000208. The topological polar surface area (TPSA) is 50.4 Å². The maximum atomic E-state index is 14.2. The minimum absolute atomic E-state index is 0. The van der Waals surface area contributed by atoms with Crippen LogP contribution in [0.15, 0.2) is 18.2 Å². The Bertz CT molecular complexity index is 722. The fraction of sp³-hybridized carbons (Fsp3) is 0.471. The van der Waals surface area contributed by atoms with Gasteiger partial charge in [-0.3, -0.25) is 4.79 Å². The number of halogens is 2. The van der Waals surface area contributed by atoms with Gasteiger partial charge in [-0.2, -0.15) is 0 Å². The Labute approximate surface area is 151 Å². The van der Waals surface area contributed by atoms with Crippen LogP contribution in [0.5, 0.6) is 0 Å². The van der Waals surface area contributed by atoms with E-state index in [1.807, 2.05) is 6.07 Å². The van der Waals surface area contributed by atoms with Crippen LogP contribution in [-0.4, -0.2) is 31.6 Å². The number of carbonyl (C=O) groups excluding carboxylic acids is 1. The summed E-state index contributed by atoms with van der Waals surface area (Å²) >= 11 is 1.32. The SMILES string of the molecule is COCc1c(C(=O)NC2CCCNC2C)sc2cccc(F)c12.Cl. The van der Waals surface area contributed by atoms with Crippen LogP contribution in [0.1, 0.15) is 35.0 Å². The molecule has 0 radical (unpaired) electrons. The van der Waals surface area contributed by atoms with Crippen LogP contribution in [0.3, 0.4) is 0 Å². The number of carbonyl (C=O) groups is 1. The molecule has 0 aliphatic carbocycles. The number of hydrogen-bond acceptors (Lipinski definition) is 4. The van der Waals surface area contributed by atoms with Gasteiger partial charge in [-0.25, -0.2) is 4.39 Å². The fourth-order valence-electron chi connectivity index (χ4n) is 3.11. The highest BCUT2D eigenvalue weighted by Gasteiger charge is 2.26. The van der Waals surface area contributed by atoms with E-state index in [1.165, 1.54) is 17.4 Å². The summed E-state index contributed by atoms with van der Waals surface area (Å²) in [6.07, 6.45) is 2.00. The lowest BCUT2D eigenvalue weighted by atomic mass is 9.99. The number of amides is 1. The first-order valence-electron chi connectivity index (χ1n) is 7.85. The second-order valence-electron chi connectivity index (χ2n) is 5.92. The lowest BCUT2D eigenvalue weighted by Crippen LogP contribution is -2.51. The van der Waals surface area contributed by atoms with Gasteiger partial charge >= 0.3 is 0 Å². The normalized spacial score (nSPS) is 20.6. The van der Waals surface area contributed by atoms with E-state index in [2.05, 4.69) is 17.6 Å². The number of thiophene rings is 1. The highest BCUT2D eigenvalue weighted by molar-refractivity contribution is 7.21. The number of ether oxygens (including phenoxy) is 1. The van der Waals surface area contributed by atoms with Crippen molar-refractivity contribution in [3.05, 3.63) is 34.5 Å². The van der Waals surface area contributed by atoms with E-state index in [0.29, 0.717) is 15.8 Å². The monoisotopic (exact) mass is 372 g/mol. The Hall–Kier alpha value is -1.21. The molecule has 3 rings (SSSR count). The molecule has 2 N–H and O–H groups in total. The molecule has 1 amide bonds. The zero-order valence-electron chi connectivity index (χ0n) is 13.7. The number of methoxy groups -OCH3 is 1. The molecular weight excluding hydrogens is 351 g/mol. The van der Waals surface area contributed by atoms with Crippen molar-refractivity contribution in [3.63, 3.8) is 0 Å². The Morgan fingerprint density at radius 3 is 3.00 bits per heavy atom. The van der Waals surface area contributed by atoms with Gasteiger partial charge in [-0.05, 0) is 38.4 Å². The van der Waals surface area contributed by atoms with Crippen LogP contribution in [0.25, 0.3) is 10.1 Å². The smallest absolute Gasteiger partial charge is 0.262 e. The summed E-state index contributed by atoms with van der Waals surface area (Å²) in [7, 11) is 1.55. The summed E-state index contributed by atoms with van der Waals surface area (Å²) in [6.45, 7) is 3.28. The maximum absolute atomic E-state index is 14.2. The molecule has 2 aromatic rings. The van der Waals surface area contributed by atoms with E-state index in [4.69, 9.17) is 4.74 Å². The predicted molar refractivity (Wildman–Crippen MR) is 97.7 cm³/mol. The molecule has 24 heavy (non-hydrogen) atoms. The number of rotatable bonds is 4. The highest BCUT2D eigenvalue weighted by Crippen LogP contribution is 2.34. The van der Waals surface area contributed by atoms with Crippen LogP contribution in [-0.2, 0) is 11.3 Å². The first kappa shape index (κ1) is 19.1. The fourth-order valence-corrected chi connectivity index (χ4v) is 4.23. The lowest BCUT2D eigenvalue weighted by molar-refractivity contribution is 0.0920. The van der Waals surface area contributed by atoms with Crippen molar-refractivity contribution < 1.29 is 13.9 Å². The summed E-state index contributed by atoms with van der Waals surface area (Å²) in [6, 6.07) is 5.26. The molecule has 0 bridgehead atoms. The molecule has 132 valence electrons. The third-order valence-electron chi connectivity index (χ3n) is 4.34. The maximum Gasteiger partial charge on any atom is 0.262 e. The Morgan fingerprint density at radius 1 is 1.50 bits per heavy atom. The molecule has 2 heterocycles. The Morgan fingerprint density at radius 2 is 2.29 bits per heavy atom. The molecule has 1 aromatic heterocycles. The van der Waals surface area contributed by atoms with E-state index in [1.54, 1.807) is 13.2 Å². The number of piperidine rings is 1. The molecule has 1 aliphatic heterocycles. The zero-order valence-corrected chi connectivity index (χ0v) is 15.4. The van der Waals surface area contributed by atoms with Crippen molar-refractivity contribution in [1.29, 1.82) is 0 Å². The minimum atomic E-state index is -0.308. The summed E-state index contributed by atoms with van der Waals surface area (Å²) in [5, 5.41) is 6.96. The van der Waals surface area contributed by atoms with Crippen LogP contribution >= 0.6 is 23.7 Å². The third kappa shape index (κ3) is 3.72. The molecule has 2 atom stereocenters. The first-order valence-corrected chi connectivity index (χ1v) is 8.66. The predicted octanol–water partition coefficient (Wildman–Crippen LogP) is 3.48. The van der Waals surface area contributed by atoms with Gasteiger partial charge in [0.25, 0.3) is 5.91 Å². The van der Waals surface area contributed by atoms with E-state index in [-0.39, 0.29) is 42.8 Å². The highest BCUT2D eigenvalue weighted by atomic mass is 35.5. The van der Waals surface area contributed by atoms with E-state index in [9.17, 15) is 9.18 Å². The van der Waals surface area contributed by atoms with Gasteiger partial charge in [-0.15, -0.1) is 23.7 Å². The van der Waals surface area contributed by atoms with Crippen molar-refractivity contribution in [2.75, 3.05) is 13.7 Å². The van der Waals surface area contributed by atoms with Crippen molar-refractivity contribution in [3.8, 4) is 0 Å². The second kappa shape index (κ2) is 8.25. The van der Waals surface area contributed by atoms with Crippen molar-refractivity contribution >= 4 is 39.7 Å². The van der Waals surface area contributed by atoms with E-state index < -0.39 is 0 Å². The molecule has 0 saturated carbocycles. The largest absolute Gasteiger partial charge is 0.380 e. The molecule has 1 aromatic carbocycles. The zero-order chi connectivity index (χ0) is 16.4. The van der Waals surface area contributed by atoms with Gasteiger partial charge in [0.15, 0.2) is 0 Å². The molecule has 1 fully saturated rings. The summed E-state index contributed by atoms with van der Waals surface area (Å²) in [5.41, 5.74) is 0.638. The molecular formula is C17H22ClFN2O2S. The van der Waals surface area contributed by atoms with Gasteiger partial charge in [0.1, 0.15) is 5.82 Å². The summed E-state index contributed by atoms with van der Waals surface area (Å²) < 4.78 is 20.2. The van der Waals surface area contributed by atoms with Gasteiger partial charge in [0, 0.05) is 34.8 Å². The van der Waals surface area contributed by atoms with Crippen molar-refractivity contribution in [2.24, 2.45) is 0 Å². The number of fused-ring (bicyclic) bond motifs is 1. The number of nitrogens with one attached hydrogen (secondary N) is 2. The van der Waals surface area contributed by atoms with Crippen LogP contribution in [0.4, 0.5) is 4.39 Å². The van der Waals surface area contributed by atoms with Crippen LogP contribution in [0.2, 0.25) is 0 Å². The summed E-state index contributed by atoms with van der Waals surface area (Å²) in [5.74, 6) is -0.448. The molecule has 2 unspecified atom stereocenters. The third-order valence-corrected chi connectivity index (χ3v) is 5.53. The van der Waals surface area contributed by atoms with Gasteiger partial charge in [-0.1, -0.05) is 6.07 Å². The quantitative estimate of drug-likeness (QED) is 0.863. The lowest BCUT2D eigenvalue weighted by Gasteiger charge is -2.30. The van der Waals surface area contributed by atoms with Gasteiger partial charge in [0.05, 0.1) is 11.5 Å². The number of hydrogen-bond donors (Lipinski definition) is 2. The Kier molecular flexibility index (Phi) is 6.57. The summed E-state index contributed by atoms with van der Waals surface area (Å²) in [4.78, 5) is 13.3.